The van der Waals surface area contributed by atoms with Crippen LogP contribution in [0.2, 0.25) is 0 Å². The van der Waals surface area contributed by atoms with Crippen LogP contribution in [0.1, 0.15) is 239 Å². The van der Waals surface area contributed by atoms with Crippen molar-refractivity contribution in [3.05, 3.63) is 72.9 Å². The van der Waals surface area contributed by atoms with Crippen LogP contribution in [0.5, 0.6) is 0 Å². The van der Waals surface area contributed by atoms with Crippen molar-refractivity contribution in [3.63, 3.8) is 0 Å². The monoisotopic (exact) mass is 1030 g/mol. The van der Waals surface area contributed by atoms with Gasteiger partial charge in [-0.25, -0.2) is 4.79 Å². The van der Waals surface area contributed by atoms with Gasteiger partial charge in [0.1, 0.15) is 18.8 Å². The molecule has 0 saturated carbocycles. The Hall–Kier alpha value is -3.84. The van der Waals surface area contributed by atoms with E-state index in [2.05, 4.69) is 93.7 Å². The number of allylic oxidation sites excluding steroid dienone is 12. The van der Waals surface area contributed by atoms with Crippen LogP contribution in [-0.2, 0) is 42.9 Å². The Bertz CT molecular complexity index is 1550. The Labute approximate surface area is 442 Å². The summed E-state index contributed by atoms with van der Waals surface area (Å²) in [5.74, 6) is -3.15. The van der Waals surface area contributed by atoms with Gasteiger partial charge in [0.15, 0.2) is 24.6 Å². The summed E-state index contributed by atoms with van der Waals surface area (Å²) in [4.78, 5) is 51.0. The third-order valence-corrected chi connectivity index (χ3v) is 12.7. The molecule has 0 aliphatic carbocycles. The van der Waals surface area contributed by atoms with Gasteiger partial charge in [-0.15, -0.1) is 0 Å². The molecule has 1 aliphatic rings. The highest BCUT2D eigenvalue weighted by atomic mass is 16.7. The van der Waals surface area contributed by atoms with Crippen LogP contribution in [0.25, 0.3) is 0 Å². The van der Waals surface area contributed by atoms with Crippen molar-refractivity contribution in [2.75, 3.05) is 13.2 Å². The second kappa shape index (κ2) is 49.1. The van der Waals surface area contributed by atoms with E-state index < -0.39 is 67.3 Å². The Kier molecular flexibility index (Phi) is 45.1. The molecule has 73 heavy (non-hydrogen) atoms. The zero-order valence-corrected chi connectivity index (χ0v) is 45.9. The molecule has 6 atom stereocenters. The van der Waals surface area contributed by atoms with E-state index >= 15 is 0 Å². The standard InChI is InChI=1S/C61H102O12/c1-4-7-10-13-16-19-22-24-25-26-27-28-29-31-34-37-40-43-46-49-55(64)72-59-57(66)56(65)58(60(67)68)73-61(59)70-51-52(71-54(63)48-45-42-39-36-32-21-18-15-12-9-6-3)50-69-53(62)47-44-41-38-35-33-30-23-20-17-14-11-8-5-2/h7,10-11,14,16,19-20,23-25,27-28,52,56-59,61,65-66H,4-6,8-9,12-13,15,17-18,21-22,26,29-51H2,1-3H3,(H,67,68)/b10-7-,14-11-,19-16-,23-20-,25-24-,28-27-. The number of aliphatic carboxylic acids is 1. The predicted octanol–water partition coefficient (Wildman–Crippen LogP) is 14.6. The van der Waals surface area contributed by atoms with Crippen molar-refractivity contribution >= 4 is 23.9 Å². The number of carboxylic acids is 1. The number of hydrogen-bond acceptors (Lipinski definition) is 11. The van der Waals surface area contributed by atoms with E-state index in [4.69, 9.17) is 23.7 Å². The number of carboxylic acid groups (broad SMARTS) is 1. The molecule has 418 valence electrons. The van der Waals surface area contributed by atoms with Crippen molar-refractivity contribution in [1.82, 2.24) is 0 Å². The fourth-order valence-electron chi connectivity index (χ4n) is 8.34. The van der Waals surface area contributed by atoms with Crippen molar-refractivity contribution < 1.29 is 58.2 Å². The molecule has 0 radical (unpaired) electrons. The maximum absolute atomic E-state index is 13.1. The van der Waals surface area contributed by atoms with Gasteiger partial charge < -0.3 is 39.0 Å². The van der Waals surface area contributed by atoms with Crippen LogP contribution in [0.15, 0.2) is 72.9 Å². The number of aliphatic hydroxyl groups excluding tert-OH is 2. The van der Waals surface area contributed by atoms with Gasteiger partial charge in [-0.2, -0.15) is 0 Å². The van der Waals surface area contributed by atoms with Crippen LogP contribution >= 0.6 is 0 Å². The van der Waals surface area contributed by atoms with Gasteiger partial charge in [0.2, 0.25) is 0 Å². The lowest BCUT2D eigenvalue weighted by Crippen LogP contribution is -2.61. The average molecular weight is 1030 g/mol. The highest BCUT2D eigenvalue weighted by Gasteiger charge is 2.50. The predicted molar refractivity (Wildman–Crippen MR) is 294 cm³/mol. The largest absolute Gasteiger partial charge is 0.479 e. The first-order chi connectivity index (χ1) is 35.6. The van der Waals surface area contributed by atoms with Gasteiger partial charge in [0.05, 0.1) is 6.61 Å². The molecule has 1 heterocycles. The van der Waals surface area contributed by atoms with Crippen molar-refractivity contribution in [1.29, 1.82) is 0 Å². The minimum absolute atomic E-state index is 0.0419. The van der Waals surface area contributed by atoms with Gasteiger partial charge in [-0.1, -0.05) is 209 Å². The highest BCUT2D eigenvalue weighted by Crippen LogP contribution is 2.26. The lowest BCUT2D eigenvalue weighted by Gasteiger charge is -2.40. The first kappa shape index (κ1) is 67.2. The summed E-state index contributed by atoms with van der Waals surface area (Å²) in [6.45, 7) is 5.78. The molecular weight excluding hydrogens is 925 g/mol. The summed E-state index contributed by atoms with van der Waals surface area (Å²) in [7, 11) is 0. The number of unbranched alkanes of at least 4 members (excludes halogenated alkanes) is 22. The second-order valence-electron chi connectivity index (χ2n) is 19.5. The first-order valence-corrected chi connectivity index (χ1v) is 28.9. The molecule has 12 nitrogen and oxygen atoms in total. The lowest BCUT2D eigenvalue weighted by molar-refractivity contribution is -0.301. The Morgan fingerprint density at radius 1 is 0.466 bits per heavy atom. The Balaban J connectivity index is 2.68. The van der Waals surface area contributed by atoms with Crippen molar-refractivity contribution in [2.45, 2.75) is 276 Å². The molecule has 0 amide bonds. The van der Waals surface area contributed by atoms with Crippen LogP contribution in [-0.4, -0.2) is 89.2 Å². The van der Waals surface area contributed by atoms with Gasteiger partial charge in [-0.05, 0) is 83.5 Å². The molecule has 1 aliphatic heterocycles. The number of aliphatic hydroxyl groups is 2. The van der Waals surface area contributed by atoms with E-state index in [1.54, 1.807) is 0 Å². The second-order valence-corrected chi connectivity index (χ2v) is 19.5. The molecule has 0 aromatic heterocycles. The van der Waals surface area contributed by atoms with Crippen LogP contribution < -0.4 is 0 Å². The summed E-state index contributed by atoms with van der Waals surface area (Å²) < 4.78 is 28.4. The number of carbonyl (C=O) groups is 4. The van der Waals surface area contributed by atoms with Gasteiger partial charge in [0.25, 0.3) is 0 Å². The molecule has 0 aromatic rings. The lowest BCUT2D eigenvalue weighted by atomic mass is 9.98. The topological polar surface area (TPSA) is 175 Å². The molecule has 0 spiro atoms. The summed E-state index contributed by atoms with van der Waals surface area (Å²) in [5, 5.41) is 31.4. The number of ether oxygens (including phenoxy) is 5. The maximum atomic E-state index is 13.1. The smallest absolute Gasteiger partial charge is 0.335 e. The Morgan fingerprint density at radius 3 is 1.37 bits per heavy atom. The summed E-state index contributed by atoms with van der Waals surface area (Å²) in [6, 6.07) is 0. The molecule has 0 bridgehead atoms. The molecule has 1 rings (SSSR count). The molecular formula is C61H102O12. The average Bonchev–Trinajstić information content (AvgIpc) is 3.37. The third kappa shape index (κ3) is 39.3. The van der Waals surface area contributed by atoms with Gasteiger partial charge in [0, 0.05) is 19.3 Å². The quantitative estimate of drug-likeness (QED) is 0.0228. The van der Waals surface area contributed by atoms with Gasteiger partial charge in [-0.3, -0.25) is 14.4 Å². The number of hydrogen-bond donors (Lipinski definition) is 3. The van der Waals surface area contributed by atoms with Crippen LogP contribution in [0, 0.1) is 0 Å². The van der Waals surface area contributed by atoms with Gasteiger partial charge >= 0.3 is 23.9 Å². The van der Waals surface area contributed by atoms with E-state index in [0.29, 0.717) is 19.3 Å². The molecule has 1 saturated heterocycles. The minimum Gasteiger partial charge on any atom is -0.479 e. The zero-order valence-electron chi connectivity index (χ0n) is 45.9. The number of esters is 3. The maximum Gasteiger partial charge on any atom is 0.335 e. The normalized spacial score (nSPS) is 18.8. The number of rotatable bonds is 48. The molecule has 1 fully saturated rings. The fourth-order valence-corrected chi connectivity index (χ4v) is 8.34. The van der Waals surface area contributed by atoms with Crippen LogP contribution in [0.3, 0.4) is 0 Å². The minimum atomic E-state index is -1.91. The molecule has 12 heteroatoms. The summed E-state index contributed by atoms with van der Waals surface area (Å²) in [5.41, 5.74) is 0. The van der Waals surface area contributed by atoms with E-state index in [1.807, 2.05) is 0 Å². The van der Waals surface area contributed by atoms with E-state index in [9.17, 15) is 34.5 Å². The highest BCUT2D eigenvalue weighted by molar-refractivity contribution is 5.74. The van der Waals surface area contributed by atoms with Crippen molar-refractivity contribution in [3.8, 4) is 0 Å². The first-order valence-electron chi connectivity index (χ1n) is 28.9. The summed E-state index contributed by atoms with van der Waals surface area (Å²) in [6.07, 6.45) is 48.7. The zero-order chi connectivity index (χ0) is 53.3. The molecule has 0 aromatic carbocycles. The fraction of sp³-hybridized carbons (Fsp3) is 0.738. The third-order valence-electron chi connectivity index (χ3n) is 12.7. The molecule has 3 N–H and O–H groups in total. The van der Waals surface area contributed by atoms with Crippen LogP contribution in [0.4, 0.5) is 0 Å². The van der Waals surface area contributed by atoms with E-state index in [1.165, 1.54) is 44.9 Å². The van der Waals surface area contributed by atoms with E-state index in [-0.39, 0.29) is 25.9 Å². The van der Waals surface area contributed by atoms with E-state index in [0.717, 1.165) is 135 Å². The summed E-state index contributed by atoms with van der Waals surface area (Å²) >= 11 is 0. The number of carbonyl (C=O) groups excluding carboxylic acids is 3. The Morgan fingerprint density at radius 2 is 0.890 bits per heavy atom. The SMILES string of the molecule is CC/C=C\C/C=C\C/C=C\C/C=C\CCCCCCCCC(=O)OC1C(OCC(COC(=O)CCCCCCC/C=C\C/C=C\CCC)OC(=O)CCCCCCCCCCCCC)OC(C(=O)O)C(O)C1O. The molecule has 6 unspecified atom stereocenters. The van der Waals surface area contributed by atoms with Crippen molar-refractivity contribution in [2.24, 2.45) is 0 Å².